The second kappa shape index (κ2) is 5.55. The third-order valence-corrected chi connectivity index (χ3v) is 3.03. The Bertz CT molecular complexity index is 350. The molecule has 0 amide bonds. The van der Waals surface area contributed by atoms with Crippen LogP contribution in [0.15, 0.2) is 18.2 Å². The molecule has 0 heterocycles. The van der Waals surface area contributed by atoms with E-state index in [1.54, 1.807) is 6.92 Å². The summed E-state index contributed by atoms with van der Waals surface area (Å²) in [6, 6.07) is 6.16. The number of aliphatic hydroxyl groups excluding tert-OH is 1. The van der Waals surface area contributed by atoms with Crippen LogP contribution in [0.3, 0.4) is 0 Å². The highest BCUT2D eigenvalue weighted by Crippen LogP contribution is 2.30. The number of hydrogen-bond donors (Lipinski definition) is 1. The molecule has 0 saturated carbocycles. The Hall–Kier alpha value is -0.730. The molecule has 0 saturated heterocycles. The summed E-state index contributed by atoms with van der Waals surface area (Å²) >= 11 is 6.24. The van der Waals surface area contributed by atoms with Crippen LogP contribution in [0, 0.1) is 0 Å². The quantitative estimate of drug-likeness (QED) is 0.870. The van der Waals surface area contributed by atoms with Crippen molar-refractivity contribution >= 4 is 17.3 Å². The third kappa shape index (κ3) is 2.89. The van der Waals surface area contributed by atoms with Crippen LogP contribution in [0.5, 0.6) is 0 Å². The SMILES string of the molecule is CCN(c1ccc([C@@H](C)O)cc1Cl)C(C)C. The molecule has 0 aliphatic carbocycles. The minimum atomic E-state index is -0.472. The van der Waals surface area contributed by atoms with Crippen molar-refractivity contribution in [1.82, 2.24) is 0 Å². The zero-order valence-corrected chi connectivity index (χ0v) is 11.1. The smallest absolute Gasteiger partial charge is 0.0762 e. The average molecular weight is 242 g/mol. The molecule has 0 aromatic heterocycles. The van der Waals surface area contributed by atoms with E-state index in [2.05, 4.69) is 25.7 Å². The molecule has 1 rings (SSSR count). The van der Waals surface area contributed by atoms with E-state index >= 15 is 0 Å². The van der Waals surface area contributed by atoms with Gasteiger partial charge in [-0.3, -0.25) is 0 Å². The minimum absolute atomic E-state index is 0.417. The molecule has 0 radical (unpaired) electrons. The average Bonchev–Trinajstić information content (AvgIpc) is 2.20. The Morgan fingerprint density at radius 2 is 1.94 bits per heavy atom. The molecular formula is C13H20ClNO. The standard InChI is InChI=1S/C13H20ClNO/c1-5-15(9(2)3)13-7-6-11(10(4)16)8-12(13)14/h6-10,16H,5H2,1-4H3/t10-/m1/s1. The molecular weight excluding hydrogens is 222 g/mol. The molecule has 2 nitrogen and oxygen atoms in total. The van der Waals surface area contributed by atoms with E-state index in [1.807, 2.05) is 18.2 Å². The van der Waals surface area contributed by atoms with E-state index in [-0.39, 0.29) is 0 Å². The van der Waals surface area contributed by atoms with Crippen LogP contribution in [0.1, 0.15) is 39.4 Å². The van der Waals surface area contributed by atoms with Gasteiger partial charge >= 0.3 is 0 Å². The van der Waals surface area contributed by atoms with Gasteiger partial charge in [0, 0.05) is 12.6 Å². The van der Waals surface area contributed by atoms with Crippen molar-refractivity contribution in [2.45, 2.75) is 39.8 Å². The third-order valence-electron chi connectivity index (χ3n) is 2.73. The van der Waals surface area contributed by atoms with Crippen molar-refractivity contribution < 1.29 is 5.11 Å². The maximum atomic E-state index is 9.47. The van der Waals surface area contributed by atoms with Gasteiger partial charge < -0.3 is 10.0 Å². The van der Waals surface area contributed by atoms with E-state index in [1.165, 1.54) is 0 Å². The van der Waals surface area contributed by atoms with E-state index in [0.29, 0.717) is 11.1 Å². The van der Waals surface area contributed by atoms with Crippen molar-refractivity contribution in [2.75, 3.05) is 11.4 Å². The zero-order chi connectivity index (χ0) is 12.3. The van der Waals surface area contributed by atoms with Crippen molar-refractivity contribution in [3.63, 3.8) is 0 Å². The molecule has 1 aromatic rings. The van der Waals surface area contributed by atoms with Crippen LogP contribution in [0.2, 0.25) is 5.02 Å². The van der Waals surface area contributed by atoms with Crippen LogP contribution in [0.25, 0.3) is 0 Å². The summed E-state index contributed by atoms with van der Waals surface area (Å²) in [6.45, 7) is 9.06. The first-order valence-corrected chi connectivity index (χ1v) is 6.09. The lowest BCUT2D eigenvalue weighted by Crippen LogP contribution is -2.30. The molecule has 0 aliphatic rings. The number of anilines is 1. The van der Waals surface area contributed by atoms with Crippen molar-refractivity contribution in [3.8, 4) is 0 Å². The summed E-state index contributed by atoms with van der Waals surface area (Å²) < 4.78 is 0. The Morgan fingerprint density at radius 3 is 2.31 bits per heavy atom. The first kappa shape index (κ1) is 13.3. The predicted molar refractivity (Wildman–Crippen MR) is 70.2 cm³/mol. The van der Waals surface area contributed by atoms with E-state index in [0.717, 1.165) is 17.8 Å². The summed E-state index contributed by atoms with van der Waals surface area (Å²) in [4.78, 5) is 2.23. The molecule has 3 heteroatoms. The van der Waals surface area contributed by atoms with E-state index in [9.17, 15) is 5.11 Å². The summed E-state index contributed by atoms with van der Waals surface area (Å²) in [5, 5.41) is 10.2. The van der Waals surface area contributed by atoms with Gasteiger partial charge in [-0.05, 0) is 45.4 Å². The van der Waals surface area contributed by atoms with Gasteiger partial charge in [0.05, 0.1) is 16.8 Å². The highest BCUT2D eigenvalue weighted by atomic mass is 35.5. The summed E-state index contributed by atoms with van der Waals surface area (Å²) in [5.74, 6) is 0. The van der Waals surface area contributed by atoms with Crippen LogP contribution in [-0.2, 0) is 0 Å². The fourth-order valence-electron chi connectivity index (χ4n) is 1.83. The fourth-order valence-corrected chi connectivity index (χ4v) is 2.13. The predicted octanol–water partition coefficient (Wildman–Crippen LogP) is 3.63. The van der Waals surface area contributed by atoms with Gasteiger partial charge in [0.1, 0.15) is 0 Å². The molecule has 0 aliphatic heterocycles. The first-order valence-electron chi connectivity index (χ1n) is 5.71. The highest BCUT2D eigenvalue weighted by Gasteiger charge is 2.13. The Kier molecular flexibility index (Phi) is 4.63. The molecule has 1 aromatic carbocycles. The lowest BCUT2D eigenvalue weighted by atomic mass is 10.1. The molecule has 1 atom stereocenters. The maximum Gasteiger partial charge on any atom is 0.0762 e. The number of rotatable bonds is 4. The topological polar surface area (TPSA) is 23.5 Å². The molecule has 0 fully saturated rings. The number of nitrogens with zero attached hydrogens (tertiary/aromatic N) is 1. The number of hydrogen-bond acceptors (Lipinski definition) is 2. The van der Waals surface area contributed by atoms with Crippen molar-refractivity contribution in [1.29, 1.82) is 0 Å². The summed E-state index contributed by atoms with van der Waals surface area (Å²) in [5.41, 5.74) is 1.89. The number of aliphatic hydroxyl groups is 1. The number of benzene rings is 1. The summed E-state index contributed by atoms with van der Waals surface area (Å²) in [7, 11) is 0. The van der Waals surface area contributed by atoms with Crippen molar-refractivity contribution in [2.24, 2.45) is 0 Å². The second-order valence-electron chi connectivity index (χ2n) is 4.27. The molecule has 0 bridgehead atoms. The Balaban J connectivity index is 3.06. The van der Waals surface area contributed by atoms with Gasteiger partial charge in [-0.1, -0.05) is 17.7 Å². The maximum absolute atomic E-state index is 9.47. The van der Waals surface area contributed by atoms with Crippen LogP contribution >= 0.6 is 11.6 Å². The van der Waals surface area contributed by atoms with E-state index < -0.39 is 6.10 Å². The van der Waals surface area contributed by atoms with Crippen LogP contribution in [-0.4, -0.2) is 17.7 Å². The van der Waals surface area contributed by atoms with Crippen LogP contribution < -0.4 is 4.90 Å². The van der Waals surface area contributed by atoms with Crippen LogP contribution in [0.4, 0.5) is 5.69 Å². The van der Waals surface area contributed by atoms with Crippen molar-refractivity contribution in [3.05, 3.63) is 28.8 Å². The normalized spacial score (nSPS) is 12.9. The first-order chi connectivity index (χ1) is 7.47. The molecule has 1 N–H and O–H groups in total. The van der Waals surface area contributed by atoms with Gasteiger partial charge in [0.15, 0.2) is 0 Å². The molecule has 0 spiro atoms. The minimum Gasteiger partial charge on any atom is -0.389 e. The summed E-state index contributed by atoms with van der Waals surface area (Å²) in [6.07, 6.45) is -0.472. The molecule has 16 heavy (non-hydrogen) atoms. The Morgan fingerprint density at radius 1 is 1.31 bits per heavy atom. The lowest BCUT2D eigenvalue weighted by molar-refractivity contribution is 0.199. The van der Waals surface area contributed by atoms with Gasteiger partial charge in [0.2, 0.25) is 0 Å². The highest BCUT2D eigenvalue weighted by molar-refractivity contribution is 6.33. The lowest BCUT2D eigenvalue weighted by Gasteiger charge is -2.28. The second-order valence-corrected chi connectivity index (χ2v) is 4.67. The van der Waals surface area contributed by atoms with Gasteiger partial charge in [-0.15, -0.1) is 0 Å². The van der Waals surface area contributed by atoms with Gasteiger partial charge in [0.25, 0.3) is 0 Å². The van der Waals surface area contributed by atoms with Gasteiger partial charge in [-0.2, -0.15) is 0 Å². The zero-order valence-electron chi connectivity index (χ0n) is 10.4. The van der Waals surface area contributed by atoms with E-state index in [4.69, 9.17) is 11.6 Å². The Labute approximate surface area is 103 Å². The number of halogens is 1. The van der Waals surface area contributed by atoms with Gasteiger partial charge in [-0.25, -0.2) is 0 Å². The molecule has 0 unspecified atom stereocenters. The fraction of sp³-hybridized carbons (Fsp3) is 0.538. The monoisotopic (exact) mass is 241 g/mol. The molecule has 90 valence electrons. The largest absolute Gasteiger partial charge is 0.389 e.